The lowest BCUT2D eigenvalue weighted by Crippen LogP contribution is -2.37. The molecule has 0 spiro atoms. The van der Waals surface area contributed by atoms with E-state index in [4.69, 9.17) is 4.42 Å². The van der Waals surface area contributed by atoms with Crippen molar-refractivity contribution in [3.05, 3.63) is 66.2 Å². The van der Waals surface area contributed by atoms with Gasteiger partial charge in [0.15, 0.2) is 5.58 Å². The number of rotatable bonds is 4. The van der Waals surface area contributed by atoms with Crippen LogP contribution in [-0.2, 0) is 6.42 Å². The molecule has 0 fully saturated rings. The van der Waals surface area contributed by atoms with Crippen LogP contribution in [0.25, 0.3) is 21.9 Å². The van der Waals surface area contributed by atoms with Crippen molar-refractivity contribution >= 4 is 46.6 Å². The van der Waals surface area contributed by atoms with E-state index in [1.807, 2.05) is 0 Å². The molecule has 1 heterocycles. The first-order chi connectivity index (χ1) is 12.9. The molecule has 138 valence electrons. The molecule has 2 nitrogen and oxygen atoms in total. The van der Waals surface area contributed by atoms with E-state index in [1.54, 1.807) is 0 Å². The number of benzene rings is 3. The van der Waals surface area contributed by atoms with Crippen molar-refractivity contribution < 1.29 is 4.42 Å². The van der Waals surface area contributed by atoms with Gasteiger partial charge in [-0.1, -0.05) is 75.1 Å². The fraction of sp³-hybridized carbons (Fsp3) is 0.250. The summed E-state index contributed by atoms with van der Waals surface area (Å²) < 4.78 is 6.55. The van der Waals surface area contributed by atoms with E-state index in [0.717, 1.165) is 23.3 Å². The van der Waals surface area contributed by atoms with Crippen LogP contribution in [0.2, 0.25) is 19.6 Å². The molecule has 0 aliphatic heterocycles. The Morgan fingerprint density at radius 2 is 1.41 bits per heavy atom. The van der Waals surface area contributed by atoms with Gasteiger partial charge in [-0.05, 0) is 29.3 Å². The predicted molar refractivity (Wildman–Crippen MR) is 121 cm³/mol. The standard InChI is InChI=1S/C24H27NOSi/c1-6-17-11-7-8-14-20(17)25(2)21-15-9-12-18-19-13-10-16-22(27(3,4)5)24(19)26-23(18)21/h7-16H,6H2,1-5H3. The number of hydrogen-bond acceptors (Lipinski definition) is 2. The normalized spacial score (nSPS) is 12.0. The molecular formula is C24H27NOSi. The number of aryl methyl sites for hydroxylation is 1. The number of hydrogen-bond donors (Lipinski definition) is 0. The van der Waals surface area contributed by atoms with Crippen molar-refractivity contribution in [1.82, 2.24) is 0 Å². The number of nitrogens with zero attached hydrogens (tertiary/aromatic N) is 1. The van der Waals surface area contributed by atoms with Crippen LogP contribution in [0.1, 0.15) is 12.5 Å². The molecule has 27 heavy (non-hydrogen) atoms. The summed E-state index contributed by atoms with van der Waals surface area (Å²) in [6, 6.07) is 21.7. The first-order valence-corrected chi connectivity index (χ1v) is 13.2. The molecule has 0 saturated carbocycles. The maximum Gasteiger partial charge on any atom is 0.159 e. The van der Waals surface area contributed by atoms with E-state index in [0.29, 0.717) is 0 Å². The van der Waals surface area contributed by atoms with E-state index in [1.165, 1.54) is 27.2 Å². The fourth-order valence-electron chi connectivity index (χ4n) is 3.93. The van der Waals surface area contributed by atoms with Crippen LogP contribution in [0.4, 0.5) is 11.4 Å². The lowest BCUT2D eigenvalue weighted by molar-refractivity contribution is 0.671. The topological polar surface area (TPSA) is 16.4 Å². The van der Waals surface area contributed by atoms with Crippen LogP contribution in [0.5, 0.6) is 0 Å². The Bertz CT molecular complexity index is 1120. The first-order valence-electron chi connectivity index (χ1n) is 9.68. The maximum absolute atomic E-state index is 6.55. The molecular weight excluding hydrogens is 346 g/mol. The average molecular weight is 374 g/mol. The highest BCUT2D eigenvalue weighted by Crippen LogP contribution is 2.38. The minimum absolute atomic E-state index is 0.978. The highest BCUT2D eigenvalue weighted by molar-refractivity contribution is 6.90. The summed E-state index contributed by atoms with van der Waals surface area (Å²) in [6.45, 7) is 9.33. The lowest BCUT2D eigenvalue weighted by Gasteiger charge is -2.22. The second kappa shape index (κ2) is 6.57. The zero-order valence-electron chi connectivity index (χ0n) is 16.8. The number of fused-ring (bicyclic) bond motifs is 3. The second-order valence-electron chi connectivity index (χ2n) is 8.23. The Kier molecular flexibility index (Phi) is 4.35. The summed E-state index contributed by atoms with van der Waals surface area (Å²) in [6.07, 6.45) is 1.01. The maximum atomic E-state index is 6.55. The van der Waals surface area contributed by atoms with Gasteiger partial charge in [-0.2, -0.15) is 0 Å². The Morgan fingerprint density at radius 3 is 2.11 bits per heavy atom. The minimum Gasteiger partial charge on any atom is -0.454 e. The van der Waals surface area contributed by atoms with Crippen molar-refractivity contribution in [2.45, 2.75) is 33.0 Å². The van der Waals surface area contributed by atoms with Gasteiger partial charge in [0.25, 0.3) is 0 Å². The van der Waals surface area contributed by atoms with Gasteiger partial charge in [-0.15, -0.1) is 0 Å². The number of furan rings is 1. The van der Waals surface area contributed by atoms with Crippen molar-refractivity contribution in [3.63, 3.8) is 0 Å². The molecule has 4 rings (SSSR count). The highest BCUT2D eigenvalue weighted by Gasteiger charge is 2.23. The molecule has 0 N–H and O–H groups in total. The zero-order valence-corrected chi connectivity index (χ0v) is 17.8. The lowest BCUT2D eigenvalue weighted by atomic mass is 10.1. The minimum atomic E-state index is -1.49. The largest absolute Gasteiger partial charge is 0.454 e. The summed E-state index contributed by atoms with van der Waals surface area (Å²) in [5, 5.41) is 3.81. The quantitative estimate of drug-likeness (QED) is 0.382. The molecule has 3 heteroatoms. The highest BCUT2D eigenvalue weighted by atomic mass is 28.3. The monoisotopic (exact) mass is 373 g/mol. The Morgan fingerprint density at radius 1 is 0.778 bits per heavy atom. The molecule has 0 aliphatic rings. The molecule has 4 aromatic rings. The van der Waals surface area contributed by atoms with Gasteiger partial charge in [-0.3, -0.25) is 0 Å². The summed E-state index contributed by atoms with van der Waals surface area (Å²) in [5.74, 6) is 0. The van der Waals surface area contributed by atoms with Gasteiger partial charge >= 0.3 is 0 Å². The summed E-state index contributed by atoms with van der Waals surface area (Å²) in [4.78, 5) is 2.26. The van der Waals surface area contributed by atoms with Crippen molar-refractivity contribution in [2.75, 3.05) is 11.9 Å². The molecule has 0 bridgehead atoms. The van der Waals surface area contributed by atoms with Gasteiger partial charge in [0.1, 0.15) is 5.58 Å². The molecule has 0 aliphatic carbocycles. The smallest absolute Gasteiger partial charge is 0.159 e. The Labute approximate surface area is 162 Å². The van der Waals surface area contributed by atoms with E-state index >= 15 is 0 Å². The van der Waals surface area contributed by atoms with Crippen LogP contribution >= 0.6 is 0 Å². The molecule has 1 aromatic heterocycles. The van der Waals surface area contributed by atoms with E-state index in [2.05, 4.69) is 99.2 Å². The number of anilines is 2. The van der Waals surface area contributed by atoms with Crippen LogP contribution in [0, 0.1) is 0 Å². The van der Waals surface area contributed by atoms with Gasteiger partial charge < -0.3 is 9.32 Å². The Balaban J connectivity index is 1.98. The first kappa shape index (κ1) is 17.9. The van der Waals surface area contributed by atoms with Gasteiger partial charge in [0.2, 0.25) is 0 Å². The van der Waals surface area contributed by atoms with Crippen LogP contribution < -0.4 is 10.1 Å². The molecule has 0 saturated heterocycles. The summed E-state index contributed by atoms with van der Waals surface area (Å²) >= 11 is 0. The molecule has 0 unspecified atom stereocenters. The van der Waals surface area contributed by atoms with E-state index < -0.39 is 8.07 Å². The van der Waals surface area contributed by atoms with Crippen LogP contribution in [0.3, 0.4) is 0 Å². The van der Waals surface area contributed by atoms with Crippen LogP contribution in [0.15, 0.2) is 65.1 Å². The predicted octanol–water partition coefficient (Wildman–Crippen LogP) is 6.46. The van der Waals surface area contributed by atoms with Gasteiger partial charge in [-0.25, -0.2) is 0 Å². The third-order valence-electron chi connectivity index (χ3n) is 5.41. The van der Waals surface area contributed by atoms with Crippen molar-refractivity contribution in [3.8, 4) is 0 Å². The third-order valence-corrected chi connectivity index (χ3v) is 7.42. The van der Waals surface area contributed by atoms with E-state index in [-0.39, 0.29) is 0 Å². The zero-order chi connectivity index (χ0) is 19.2. The fourth-order valence-corrected chi connectivity index (χ4v) is 5.39. The molecule has 3 aromatic carbocycles. The third kappa shape index (κ3) is 2.96. The van der Waals surface area contributed by atoms with Crippen molar-refractivity contribution in [1.29, 1.82) is 0 Å². The molecule has 0 atom stereocenters. The SMILES string of the molecule is CCc1ccccc1N(C)c1cccc2c1oc1c([Si](C)(C)C)cccc12. The van der Waals surface area contributed by atoms with Crippen LogP contribution in [-0.4, -0.2) is 15.1 Å². The van der Waals surface area contributed by atoms with Crippen molar-refractivity contribution in [2.24, 2.45) is 0 Å². The van der Waals surface area contributed by atoms with Gasteiger partial charge in [0.05, 0.1) is 13.8 Å². The summed E-state index contributed by atoms with van der Waals surface area (Å²) in [5.41, 5.74) is 5.74. The Hall–Kier alpha value is -2.52. The van der Waals surface area contributed by atoms with E-state index in [9.17, 15) is 0 Å². The molecule has 0 amide bonds. The van der Waals surface area contributed by atoms with Gasteiger partial charge in [0, 0.05) is 23.5 Å². The molecule has 0 radical (unpaired) electrons. The second-order valence-corrected chi connectivity index (χ2v) is 13.3. The summed E-state index contributed by atoms with van der Waals surface area (Å²) in [7, 11) is 0.644. The number of para-hydroxylation sites is 3. The average Bonchev–Trinajstić information content (AvgIpc) is 3.05.